The molecular weight excluding hydrogens is 458 g/mol. The van der Waals surface area contributed by atoms with Gasteiger partial charge in [-0.1, -0.05) is 31.8 Å². The van der Waals surface area contributed by atoms with Gasteiger partial charge in [0, 0.05) is 12.2 Å². The number of benzene rings is 2. The molecule has 1 heterocycles. The van der Waals surface area contributed by atoms with Gasteiger partial charge < -0.3 is 14.8 Å². The molecule has 0 aliphatic carbocycles. The van der Waals surface area contributed by atoms with Crippen molar-refractivity contribution in [3.8, 4) is 11.8 Å². The number of amides is 2. The maximum Gasteiger partial charge on any atom is 0.411 e. The Balaban J connectivity index is 1.98. The normalized spacial score (nSPS) is 15.6. The van der Waals surface area contributed by atoms with Crippen molar-refractivity contribution in [2.24, 2.45) is 0 Å². The van der Waals surface area contributed by atoms with Gasteiger partial charge in [0.15, 0.2) is 0 Å². The van der Waals surface area contributed by atoms with Crippen molar-refractivity contribution < 1.29 is 19.1 Å². The fourth-order valence-corrected chi connectivity index (χ4v) is 5.76. The Kier molecular flexibility index (Phi) is 7.61. The van der Waals surface area contributed by atoms with Crippen LogP contribution in [0.3, 0.4) is 0 Å². The molecule has 0 aromatic heterocycles. The summed E-state index contributed by atoms with van der Waals surface area (Å²) in [6.45, 7) is 14.7. The molecule has 1 aliphatic heterocycles. The monoisotopic (exact) mass is 493 g/mol. The molecule has 1 N–H and O–H groups in total. The third kappa shape index (κ3) is 6.23. The van der Waals surface area contributed by atoms with E-state index >= 15 is 0 Å². The zero-order valence-electron chi connectivity index (χ0n) is 21.7. The maximum absolute atomic E-state index is 13.6. The number of nitrogens with one attached hydrogen (secondary N) is 1. The topological polar surface area (TPSA) is 91.7 Å². The molecule has 0 spiro atoms. The largest absolute Gasteiger partial charge is 0.494 e. The van der Waals surface area contributed by atoms with Crippen molar-refractivity contribution in [3.05, 3.63) is 53.1 Å². The van der Waals surface area contributed by atoms with Crippen LogP contribution in [0.4, 0.5) is 10.5 Å². The van der Waals surface area contributed by atoms with Crippen LogP contribution in [0.25, 0.3) is 0 Å². The molecule has 0 fully saturated rings. The third-order valence-electron chi connectivity index (χ3n) is 5.75. The Morgan fingerprint density at radius 3 is 2.49 bits per heavy atom. The quantitative estimate of drug-likeness (QED) is 0.594. The number of anilines is 1. The van der Waals surface area contributed by atoms with Gasteiger partial charge in [-0.25, -0.2) is 4.79 Å². The van der Waals surface area contributed by atoms with Crippen LogP contribution in [0.15, 0.2) is 36.4 Å². The van der Waals surface area contributed by atoms with E-state index < -0.39 is 25.8 Å². The van der Waals surface area contributed by atoms with Crippen LogP contribution < -0.4 is 15.2 Å². The van der Waals surface area contributed by atoms with Crippen molar-refractivity contribution in [2.75, 3.05) is 18.5 Å². The summed E-state index contributed by atoms with van der Waals surface area (Å²) >= 11 is 0. The van der Waals surface area contributed by atoms with E-state index in [1.54, 1.807) is 26.8 Å². The minimum absolute atomic E-state index is 0.341. The highest BCUT2D eigenvalue weighted by Crippen LogP contribution is 2.34. The summed E-state index contributed by atoms with van der Waals surface area (Å²) in [4.78, 5) is 28.2. The number of fused-ring (bicyclic) bond motifs is 1. The number of carbonyl (C=O) groups is 2. The predicted molar refractivity (Wildman–Crippen MR) is 140 cm³/mol. The summed E-state index contributed by atoms with van der Waals surface area (Å²) in [5.74, 6) is 0.377. The van der Waals surface area contributed by atoms with Gasteiger partial charge >= 0.3 is 6.09 Å². The minimum atomic E-state index is -1.72. The molecule has 0 unspecified atom stereocenters. The molecule has 1 atom stereocenters. The van der Waals surface area contributed by atoms with Crippen molar-refractivity contribution in [1.29, 1.82) is 5.26 Å². The van der Waals surface area contributed by atoms with E-state index in [0.717, 1.165) is 22.1 Å². The Morgan fingerprint density at radius 1 is 1.17 bits per heavy atom. The second kappa shape index (κ2) is 10.1. The Bertz CT molecular complexity index is 1160. The van der Waals surface area contributed by atoms with E-state index in [-0.39, 0.29) is 5.91 Å². The van der Waals surface area contributed by atoms with Crippen LogP contribution in [0.2, 0.25) is 19.6 Å². The second-order valence-electron chi connectivity index (χ2n) is 10.7. The second-order valence-corrected chi connectivity index (χ2v) is 15.8. The van der Waals surface area contributed by atoms with Gasteiger partial charge in [-0.15, -0.1) is 0 Å². The Labute approximate surface area is 209 Å². The summed E-state index contributed by atoms with van der Waals surface area (Å²) in [7, 11) is -1.72. The smallest absolute Gasteiger partial charge is 0.411 e. The summed E-state index contributed by atoms with van der Waals surface area (Å²) < 4.78 is 11.3. The van der Waals surface area contributed by atoms with Gasteiger partial charge in [-0.3, -0.25) is 9.69 Å². The first-order valence-corrected chi connectivity index (χ1v) is 15.4. The van der Waals surface area contributed by atoms with E-state index in [1.807, 2.05) is 37.3 Å². The average molecular weight is 494 g/mol. The molecule has 186 valence electrons. The first-order chi connectivity index (χ1) is 16.3. The van der Waals surface area contributed by atoms with Crippen molar-refractivity contribution in [3.63, 3.8) is 0 Å². The van der Waals surface area contributed by atoms with E-state index in [4.69, 9.17) is 9.47 Å². The van der Waals surface area contributed by atoms with Gasteiger partial charge in [-0.2, -0.15) is 5.26 Å². The molecular formula is C27H35N3O4Si. The first-order valence-electron chi connectivity index (χ1n) is 11.9. The molecule has 8 heteroatoms. The molecule has 1 aliphatic rings. The lowest BCUT2D eigenvalue weighted by molar-refractivity contribution is -0.121. The lowest BCUT2D eigenvalue weighted by Gasteiger charge is -2.37. The van der Waals surface area contributed by atoms with Gasteiger partial charge in [-0.05, 0) is 74.7 Å². The van der Waals surface area contributed by atoms with E-state index in [0.29, 0.717) is 30.8 Å². The number of hydrogen-bond donors (Lipinski definition) is 1. The van der Waals surface area contributed by atoms with Crippen molar-refractivity contribution in [1.82, 2.24) is 4.90 Å². The number of hydrogen-bond acceptors (Lipinski definition) is 5. The predicted octanol–water partition coefficient (Wildman–Crippen LogP) is 4.98. The third-order valence-corrected chi connectivity index (χ3v) is 7.80. The molecule has 0 radical (unpaired) electrons. The molecule has 2 aromatic rings. The molecule has 0 saturated carbocycles. The highest BCUT2D eigenvalue weighted by Gasteiger charge is 2.38. The Morgan fingerprint density at radius 2 is 1.89 bits per heavy atom. The fourth-order valence-electron chi connectivity index (χ4n) is 4.24. The SMILES string of the molecule is CCOc1ccc2c(c1)CCN(C(=O)OC(C)(C)C)[C@H]2C(=O)Nc1ccc([Si](C)(C)C)c(C#N)c1. The summed E-state index contributed by atoms with van der Waals surface area (Å²) in [5.41, 5.74) is 2.10. The number of rotatable bonds is 5. The number of nitrogens with zero attached hydrogens (tertiary/aromatic N) is 2. The van der Waals surface area contributed by atoms with Crippen LogP contribution in [0, 0.1) is 11.3 Å². The van der Waals surface area contributed by atoms with Crippen LogP contribution >= 0.6 is 0 Å². The van der Waals surface area contributed by atoms with Crippen LogP contribution in [-0.4, -0.2) is 43.7 Å². The molecule has 3 rings (SSSR count). The molecule has 35 heavy (non-hydrogen) atoms. The summed E-state index contributed by atoms with van der Waals surface area (Å²) in [6.07, 6.45) is 0.0481. The number of nitriles is 1. The lowest BCUT2D eigenvalue weighted by Crippen LogP contribution is -2.47. The lowest BCUT2D eigenvalue weighted by atomic mass is 9.92. The molecule has 2 aromatic carbocycles. The van der Waals surface area contributed by atoms with Gasteiger partial charge in [0.2, 0.25) is 0 Å². The zero-order valence-corrected chi connectivity index (χ0v) is 22.7. The van der Waals surface area contributed by atoms with Gasteiger partial charge in [0.25, 0.3) is 5.91 Å². The fraction of sp³-hybridized carbons (Fsp3) is 0.444. The van der Waals surface area contributed by atoms with Crippen molar-refractivity contribution >= 4 is 30.9 Å². The minimum Gasteiger partial charge on any atom is -0.494 e. The zero-order chi connectivity index (χ0) is 26.0. The molecule has 0 saturated heterocycles. The highest BCUT2D eigenvalue weighted by molar-refractivity contribution is 6.89. The molecule has 2 amide bonds. The molecule has 0 bridgehead atoms. The average Bonchev–Trinajstić information content (AvgIpc) is 2.76. The van der Waals surface area contributed by atoms with Crippen molar-refractivity contribution in [2.45, 2.75) is 65.4 Å². The molecule has 7 nitrogen and oxygen atoms in total. The van der Waals surface area contributed by atoms with Gasteiger partial charge in [0.1, 0.15) is 17.4 Å². The van der Waals surface area contributed by atoms with E-state index in [9.17, 15) is 14.9 Å². The van der Waals surface area contributed by atoms with Crippen LogP contribution in [0.1, 0.15) is 50.4 Å². The first kappa shape index (κ1) is 26.3. The number of carbonyl (C=O) groups excluding carboxylic acids is 2. The van der Waals surface area contributed by atoms with E-state index in [2.05, 4.69) is 31.0 Å². The standard InChI is InChI=1S/C27H35N3O4Si/c1-8-33-21-10-11-22-18(16-21)13-14-30(26(32)34-27(2,3)4)24(22)25(31)29-20-9-12-23(35(5,6)7)19(15-20)17-28/h9-12,15-16,24H,8,13-14H2,1-7H3,(H,29,31)/t24-/m1/s1. The van der Waals surface area contributed by atoms with E-state index in [1.165, 1.54) is 4.90 Å². The van der Waals surface area contributed by atoms with Crippen LogP contribution in [0.5, 0.6) is 5.75 Å². The number of ether oxygens (including phenoxy) is 2. The summed E-state index contributed by atoms with van der Waals surface area (Å²) in [6, 6.07) is 12.5. The van der Waals surface area contributed by atoms with Crippen LogP contribution in [-0.2, 0) is 16.0 Å². The maximum atomic E-state index is 13.6. The van der Waals surface area contributed by atoms with Gasteiger partial charge in [0.05, 0.1) is 26.3 Å². The Hall–Kier alpha value is -3.31. The highest BCUT2D eigenvalue weighted by atomic mass is 28.3. The summed E-state index contributed by atoms with van der Waals surface area (Å²) in [5, 5.41) is 13.7.